The number of hydrogen-bond donors (Lipinski definition) is 0. The van der Waals surface area contributed by atoms with Crippen LogP contribution < -0.4 is 12.4 Å². The van der Waals surface area contributed by atoms with Gasteiger partial charge in [0.05, 0.1) is 11.4 Å². The zero-order chi connectivity index (χ0) is 15.5. The molecule has 3 heterocycles. The van der Waals surface area contributed by atoms with Crippen LogP contribution >= 0.6 is 0 Å². The molecule has 24 heavy (non-hydrogen) atoms. The van der Waals surface area contributed by atoms with E-state index in [-0.39, 0.29) is 29.5 Å². The van der Waals surface area contributed by atoms with Gasteiger partial charge in [0, 0.05) is 30.7 Å². The second kappa shape index (κ2) is 9.66. The third-order valence-electron chi connectivity index (χ3n) is 4.70. The van der Waals surface area contributed by atoms with Crippen molar-refractivity contribution in [2.45, 2.75) is 39.5 Å². The molecule has 0 N–H and O–H groups in total. The summed E-state index contributed by atoms with van der Waals surface area (Å²) in [6, 6.07) is 0. The van der Waals surface area contributed by atoms with Gasteiger partial charge >= 0.3 is 17.1 Å². The van der Waals surface area contributed by atoms with Gasteiger partial charge in [-0.1, -0.05) is 0 Å². The summed E-state index contributed by atoms with van der Waals surface area (Å²) in [4.78, 5) is 10.8. The number of aryl methyl sites for hydroxylation is 1. The zero-order valence-electron chi connectivity index (χ0n) is 13.9. The van der Waals surface area contributed by atoms with Gasteiger partial charge in [0.2, 0.25) is 0 Å². The fourth-order valence-corrected chi connectivity index (χ4v) is 3.63. The van der Waals surface area contributed by atoms with Crippen molar-refractivity contribution in [2.75, 3.05) is 13.1 Å². The first-order valence-electron chi connectivity index (χ1n) is 7.95. The molecule has 135 valence electrons. The van der Waals surface area contributed by atoms with Gasteiger partial charge < -0.3 is 29.9 Å². The van der Waals surface area contributed by atoms with E-state index in [2.05, 4.69) is 25.1 Å². The van der Waals surface area contributed by atoms with Crippen LogP contribution in [0.3, 0.4) is 0 Å². The van der Waals surface area contributed by atoms with Gasteiger partial charge in [-0.15, -0.1) is 0 Å². The molecule has 1 radical (unpaired) electrons. The van der Waals surface area contributed by atoms with Gasteiger partial charge in [-0.3, -0.25) is 9.97 Å². The van der Waals surface area contributed by atoms with Gasteiger partial charge in [0.25, 0.3) is 0 Å². The van der Waals surface area contributed by atoms with Crippen molar-refractivity contribution in [2.24, 2.45) is 22.0 Å². The van der Waals surface area contributed by atoms with Crippen LogP contribution in [0.2, 0.25) is 0 Å². The van der Waals surface area contributed by atoms with Crippen molar-refractivity contribution >= 4 is 23.5 Å². The normalized spacial score (nSPS) is 24.0. The first kappa shape index (κ1) is 21.3. The van der Waals surface area contributed by atoms with Crippen molar-refractivity contribution in [3.63, 3.8) is 0 Å². The molecule has 3 aliphatic rings. The number of aromatic nitrogens is 2. The second-order valence-corrected chi connectivity index (χ2v) is 6.72. The smallest absolute Gasteiger partial charge is 1.00 e. The van der Waals surface area contributed by atoms with E-state index in [9.17, 15) is 0 Å². The molecule has 1 aromatic rings. The summed E-state index contributed by atoms with van der Waals surface area (Å²) in [6.45, 7) is 5.90. The number of nitrogens with zero attached hydrogens (tertiary/aromatic N) is 5. The van der Waals surface area contributed by atoms with Crippen LogP contribution in [0, 0.1) is 18.8 Å². The molecule has 5 nitrogen and oxygen atoms in total. The number of halogens is 1. The minimum Gasteiger partial charge on any atom is -1.00 e. The van der Waals surface area contributed by atoms with E-state index in [4.69, 9.17) is 12.6 Å². The van der Waals surface area contributed by atoms with Crippen molar-refractivity contribution in [3.05, 3.63) is 23.8 Å². The Kier molecular flexibility index (Phi) is 8.57. The maximum atomic E-state index is 5.49. The molecule has 2 bridgehead atoms. The van der Waals surface area contributed by atoms with E-state index in [1.54, 1.807) is 12.4 Å². The average Bonchev–Trinajstić information content (AvgIpc) is 2.86. The van der Waals surface area contributed by atoms with Crippen LogP contribution in [0.15, 0.2) is 22.6 Å². The largest absolute Gasteiger partial charge is 2.00 e. The summed E-state index contributed by atoms with van der Waals surface area (Å²) >= 11 is 5.49. The van der Waals surface area contributed by atoms with Crippen molar-refractivity contribution in [1.82, 2.24) is 14.9 Å². The van der Waals surface area contributed by atoms with Gasteiger partial charge in [-0.25, -0.2) is 0 Å². The fourth-order valence-electron chi connectivity index (χ4n) is 3.44. The van der Waals surface area contributed by atoms with Gasteiger partial charge in [-0.05, 0) is 51.4 Å². The molecule has 0 amide bonds. The summed E-state index contributed by atoms with van der Waals surface area (Å²) in [7, 11) is 0. The number of hydrogen-bond acceptors (Lipinski definition) is 5. The molecule has 4 rings (SSSR count). The second-order valence-electron chi connectivity index (χ2n) is 6.35. The Bertz CT molecular complexity index is 588. The molecule has 8 heteroatoms. The molecule has 0 atom stereocenters. The first-order chi connectivity index (χ1) is 10.6. The minimum absolute atomic E-state index is 0. The predicted molar refractivity (Wildman–Crippen MR) is 90.8 cm³/mol. The summed E-state index contributed by atoms with van der Waals surface area (Å²) in [6.07, 6.45) is 8.71. The fraction of sp³-hybridized carbons (Fsp3) is 0.625. The summed E-state index contributed by atoms with van der Waals surface area (Å²) in [5.74, 6) is 1.55. The van der Waals surface area contributed by atoms with E-state index in [0.717, 1.165) is 42.0 Å². The number of fused-ring (bicyclic) bond motifs is 4. The molecule has 0 spiro atoms. The van der Waals surface area contributed by atoms with Crippen LogP contribution in [0.5, 0.6) is 0 Å². The van der Waals surface area contributed by atoms with Crippen LogP contribution in [-0.4, -0.2) is 38.8 Å². The molecule has 0 aromatic carbocycles. The van der Waals surface area contributed by atoms with E-state index >= 15 is 0 Å². The average molecular weight is 415 g/mol. The van der Waals surface area contributed by atoms with Gasteiger partial charge in [0.1, 0.15) is 5.69 Å². The zero-order valence-corrected chi connectivity index (χ0v) is 16.4. The Morgan fingerprint density at radius 1 is 1.08 bits per heavy atom. The first-order valence-corrected chi connectivity index (χ1v) is 8.36. The maximum absolute atomic E-state index is 5.49. The summed E-state index contributed by atoms with van der Waals surface area (Å²) in [5, 5.41) is 9.18. The van der Waals surface area contributed by atoms with Gasteiger partial charge in [-0.2, -0.15) is 10.2 Å². The Hall–Kier alpha value is -0.751. The standard InChI is InChI=1S/C16H23N5S.ClH.Cu/c1-11-15(18-8-7-17-11)12(2)19-20-16(22)21-9-13-3-4-14(10-21)6-5-13;;/h7-8,13-14H,3-6,9-10H2,1-2H3,(H,20,22);1H;/q;;+2/p-2/b19-12+;;. The summed E-state index contributed by atoms with van der Waals surface area (Å²) < 4.78 is 0. The number of amidine groups is 1. The SMILES string of the molecule is C/C(=N\N=C(/[S-])N1CC2CCC(CC2)C1)c1nccnc1C.[Cl-].[Cu+2]. The number of rotatable bonds is 2. The Labute approximate surface area is 166 Å². The van der Waals surface area contributed by atoms with E-state index in [0.29, 0.717) is 5.17 Å². The molecule has 0 unspecified atom stereocenters. The molecule has 1 aliphatic carbocycles. The van der Waals surface area contributed by atoms with Crippen molar-refractivity contribution < 1.29 is 29.5 Å². The van der Waals surface area contributed by atoms with E-state index in [1.165, 1.54) is 25.7 Å². The van der Waals surface area contributed by atoms with Crippen LogP contribution in [-0.2, 0) is 29.7 Å². The van der Waals surface area contributed by atoms with Crippen molar-refractivity contribution in [1.29, 1.82) is 0 Å². The Balaban J connectivity index is 0.00000144. The van der Waals surface area contributed by atoms with E-state index in [1.807, 2.05) is 13.8 Å². The summed E-state index contributed by atoms with van der Waals surface area (Å²) in [5.41, 5.74) is 2.40. The molecular formula is C16H22ClCuN5S. The topological polar surface area (TPSA) is 53.7 Å². The predicted octanol–water partition coefficient (Wildman–Crippen LogP) is -0.465. The van der Waals surface area contributed by atoms with Crippen molar-refractivity contribution in [3.8, 4) is 0 Å². The third kappa shape index (κ3) is 5.12. The van der Waals surface area contributed by atoms with Crippen LogP contribution in [0.25, 0.3) is 0 Å². The Morgan fingerprint density at radius 3 is 2.17 bits per heavy atom. The molecular weight excluding hydrogens is 393 g/mol. The molecule has 3 fully saturated rings. The van der Waals surface area contributed by atoms with Crippen LogP contribution in [0.1, 0.15) is 44.0 Å². The quantitative estimate of drug-likeness (QED) is 0.216. The third-order valence-corrected chi connectivity index (χ3v) is 5.04. The Morgan fingerprint density at radius 2 is 1.62 bits per heavy atom. The maximum Gasteiger partial charge on any atom is 2.00 e. The van der Waals surface area contributed by atoms with Crippen LogP contribution in [0.4, 0.5) is 0 Å². The van der Waals surface area contributed by atoms with E-state index < -0.39 is 0 Å². The molecule has 1 saturated carbocycles. The molecule has 2 aliphatic heterocycles. The molecule has 1 aromatic heterocycles. The monoisotopic (exact) mass is 414 g/mol. The molecule has 2 saturated heterocycles. The minimum atomic E-state index is 0. The van der Waals surface area contributed by atoms with Gasteiger partial charge in [0.15, 0.2) is 0 Å².